The molecule has 2 aromatic carbocycles. The molecule has 0 aliphatic rings. The van der Waals surface area contributed by atoms with Crippen molar-refractivity contribution in [2.24, 2.45) is 4.99 Å². The Kier molecular flexibility index (Phi) is 10.5. The van der Waals surface area contributed by atoms with Crippen molar-refractivity contribution in [1.29, 1.82) is 0 Å². The number of rotatable bonds is 8. The molecular formula is C20H28IN3O2. The molecule has 0 aromatic heterocycles. The Morgan fingerprint density at radius 3 is 2.50 bits per heavy atom. The summed E-state index contributed by atoms with van der Waals surface area (Å²) in [5, 5.41) is 3.38. The highest BCUT2D eigenvalue weighted by atomic mass is 127. The largest absolute Gasteiger partial charge is 0.497 e. The maximum atomic E-state index is 5.73. The molecule has 0 unspecified atom stereocenters. The van der Waals surface area contributed by atoms with Gasteiger partial charge in [0.15, 0.2) is 5.96 Å². The van der Waals surface area contributed by atoms with Gasteiger partial charge in [0.25, 0.3) is 0 Å². The van der Waals surface area contributed by atoms with Crippen LogP contribution in [0.25, 0.3) is 0 Å². The number of hydrogen-bond donors (Lipinski definition) is 1. The Bertz CT molecular complexity index is 665. The van der Waals surface area contributed by atoms with Gasteiger partial charge >= 0.3 is 0 Å². The first-order valence-electron chi connectivity index (χ1n) is 8.45. The highest BCUT2D eigenvalue weighted by molar-refractivity contribution is 14.0. The third kappa shape index (κ3) is 7.51. The van der Waals surface area contributed by atoms with Gasteiger partial charge < -0.3 is 19.7 Å². The maximum Gasteiger partial charge on any atom is 0.193 e. The van der Waals surface area contributed by atoms with Gasteiger partial charge in [-0.3, -0.25) is 4.99 Å². The van der Waals surface area contributed by atoms with Gasteiger partial charge in [-0.15, -0.1) is 24.0 Å². The van der Waals surface area contributed by atoms with E-state index in [1.165, 1.54) is 5.56 Å². The quantitative estimate of drug-likeness (QED) is 0.366. The van der Waals surface area contributed by atoms with Crippen LogP contribution >= 0.6 is 24.0 Å². The van der Waals surface area contributed by atoms with Crippen LogP contribution in [-0.2, 0) is 6.42 Å². The van der Waals surface area contributed by atoms with Gasteiger partial charge in [0.2, 0.25) is 0 Å². The van der Waals surface area contributed by atoms with E-state index in [4.69, 9.17) is 9.47 Å². The molecule has 0 atom stereocenters. The van der Waals surface area contributed by atoms with E-state index >= 15 is 0 Å². The maximum absolute atomic E-state index is 5.73. The van der Waals surface area contributed by atoms with Crippen molar-refractivity contribution in [3.63, 3.8) is 0 Å². The van der Waals surface area contributed by atoms with Gasteiger partial charge in [0, 0.05) is 20.6 Å². The number of para-hydroxylation sites is 1. The summed E-state index contributed by atoms with van der Waals surface area (Å²) in [4.78, 5) is 6.39. The number of nitrogens with one attached hydrogen (secondary N) is 1. The average molecular weight is 469 g/mol. The lowest BCUT2D eigenvalue weighted by Gasteiger charge is -2.22. The van der Waals surface area contributed by atoms with Crippen molar-refractivity contribution in [2.45, 2.75) is 6.42 Å². The fraction of sp³-hybridized carbons (Fsp3) is 0.350. The predicted octanol–water partition coefficient (Wildman–Crippen LogP) is 3.44. The van der Waals surface area contributed by atoms with E-state index in [-0.39, 0.29) is 24.0 Å². The zero-order valence-electron chi connectivity index (χ0n) is 15.6. The second-order valence-corrected chi connectivity index (χ2v) is 5.66. The first kappa shape index (κ1) is 22.1. The first-order chi connectivity index (χ1) is 12.2. The minimum Gasteiger partial charge on any atom is -0.497 e. The van der Waals surface area contributed by atoms with Crippen molar-refractivity contribution in [3.8, 4) is 11.5 Å². The summed E-state index contributed by atoms with van der Waals surface area (Å²) in [5.74, 6) is 2.63. The molecule has 0 fully saturated rings. The van der Waals surface area contributed by atoms with Gasteiger partial charge in [0.05, 0.1) is 13.7 Å². The Labute approximate surface area is 173 Å². The highest BCUT2D eigenvalue weighted by Crippen LogP contribution is 2.12. The normalized spacial score (nSPS) is 10.7. The van der Waals surface area contributed by atoms with E-state index in [2.05, 4.69) is 27.3 Å². The monoisotopic (exact) mass is 469 g/mol. The fourth-order valence-electron chi connectivity index (χ4n) is 2.45. The van der Waals surface area contributed by atoms with Crippen LogP contribution in [0.1, 0.15) is 5.56 Å². The van der Waals surface area contributed by atoms with Gasteiger partial charge in [-0.25, -0.2) is 0 Å². The van der Waals surface area contributed by atoms with Crippen LogP contribution in [0.3, 0.4) is 0 Å². The SMILES string of the molecule is CN=C(NCCc1cccc(OC)c1)N(C)CCOc1ccccc1.I. The Morgan fingerprint density at radius 2 is 1.81 bits per heavy atom. The summed E-state index contributed by atoms with van der Waals surface area (Å²) < 4.78 is 11.0. The number of guanidine groups is 1. The molecule has 1 N–H and O–H groups in total. The van der Waals surface area contributed by atoms with E-state index in [0.29, 0.717) is 6.61 Å². The lowest BCUT2D eigenvalue weighted by atomic mass is 10.1. The van der Waals surface area contributed by atoms with Crippen LogP contribution < -0.4 is 14.8 Å². The summed E-state index contributed by atoms with van der Waals surface area (Å²) in [7, 11) is 5.49. The van der Waals surface area contributed by atoms with Gasteiger partial charge in [-0.2, -0.15) is 0 Å². The third-order valence-electron chi connectivity index (χ3n) is 3.84. The van der Waals surface area contributed by atoms with Crippen LogP contribution in [0.2, 0.25) is 0 Å². The Morgan fingerprint density at radius 1 is 1.08 bits per heavy atom. The minimum absolute atomic E-state index is 0. The second kappa shape index (κ2) is 12.4. The fourth-order valence-corrected chi connectivity index (χ4v) is 2.45. The molecule has 0 amide bonds. The van der Waals surface area contributed by atoms with E-state index < -0.39 is 0 Å². The molecule has 142 valence electrons. The molecule has 0 heterocycles. The third-order valence-corrected chi connectivity index (χ3v) is 3.84. The lowest BCUT2D eigenvalue weighted by molar-refractivity contribution is 0.281. The number of methoxy groups -OCH3 is 1. The minimum atomic E-state index is 0. The zero-order chi connectivity index (χ0) is 17.9. The Balaban J connectivity index is 0.00000338. The molecule has 0 bridgehead atoms. The summed E-state index contributed by atoms with van der Waals surface area (Å²) in [6, 6.07) is 18.0. The standard InChI is InChI=1S/C20H27N3O2.HI/c1-21-20(22-13-12-17-8-7-11-19(16-17)24-3)23(2)14-15-25-18-9-5-4-6-10-18;/h4-11,16H,12-15H2,1-3H3,(H,21,22);1H. The summed E-state index contributed by atoms with van der Waals surface area (Å²) in [6.07, 6.45) is 0.907. The number of aliphatic imine (C=N–C) groups is 1. The van der Waals surface area contributed by atoms with Crippen LogP contribution in [0.15, 0.2) is 59.6 Å². The molecule has 0 aliphatic carbocycles. The topological polar surface area (TPSA) is 46.1 Å². The number of halogens is 1. The van der Waals surface area contributed by atoms with Gasteiger partial charge in [-0.1, -0.05) is 30.3 Å². The van der Waals surface area contributed by atoms with Crippen molar-refractivity contribution < 1.29 is 9.47 Å². The van der Waals surface area contributed by atoms with Crippen LogP contribution in [0, 0.1) is 0 Å². The molecule has 6 heteroatoms. The molecule has 0 radical (unpaired) electrons. The van der Waals surface area contributed by atoms with Crippen LogP contribution in [-0.4, -0.2) is 51.8 Å². The summed E-state index contributed by atoms with van der Waals surface area (Å²) >= 11 is 0. The van der Waals surface area contributed by atoms with Crippen molar-refractivity contribution in [1.82, 2.24) is 10.2 Å². The Hall–Kier alpha value is -1.96. The molecule has 0 aliphatic heterocycles. The molecule has 26 heavy (non-hydrogen) atoms. The number of hydrogen-bond acceptors (Lipinski definition) is 3. The van der Waals surface area contributed by atoms with Crippen molar-refractivity contribution in [3.05, 3.63) is 60.2 Å². The average Bonchev–Trinajstić information content (AvgIpc) is 2.66. The van der Waals surface area contributed by atoms with Crippen molar-refractivity contribution in [2.75, 3.05) is 40.9 Å². The van der Waals surface area contributed by atoms with E-state index in [0.717, 1.165) is 37.0 Å². The van der Waals surface area contributed by atoms with Crippen LogP contribution in [0.5, 0.6) is 11.5 Å². The molecule has 0 saturated carbocycles. The molecule has 2 rings (SSSR count). The molecule has 0 spiro atoms. The molecular weight excluding hydrogens is 441 g/mol. The lowest BCUT2D eigenvalue weighted by Crippen LogP contribution is -2.41. The number of likely N-dealkylation sites (N-methyl/N-ethyl adjacent to an activating group) is 1. The van der Waals surface area contributed by atoms with Gasteiger partial charge in [-0.05, 0) is 36.2 Å². The van der Waals surface area contributed by atoms with Crippen LogP contribution in [0.4, 0.5) is 0 Å². The molecule has 5 nitrogen and oxygen atoms in total. The molecule has 0 saturated heterocycles. The number of nitrogens with zero attached hydrogens (tertiary/aromatic N) is 2. The molecule has 2 aromatic rings. The first-order valence-corrected chi connectivity index (χ1v) is 8.45. The number of benzene rings is 2. The summed E-state index contributed by atoms with van der Waals surface area (Å²) in [5.41, 5.74) is 1.23. The van der Waals surface area contributed by atoms with E-state index in [1.54, 1.807) is 14.2 Å². The van der Waals surface area contributed by atoms with E-state index in [9.17, 15) is 0 Å². The summed E-state index contributed by atoms with van der Waals surface area (Å²) in [6.45, 7) is 2.18. The number of ether oxygens (including phenoxy) is 2. The smallest absolute Gasteiger partial charge is 0.193 e. The van der Waals surface area contributed by atoms with E-state index in [1.807, 2.05) is 49.5 Å². The highest BCUT2D eigenvalue weighted by Gasteiger charge is 2.06. The van der Waals surface area contributed by atoms with Crippen molar-refractivity contribution >= 4 is 29.9 Å². The zero-order valence-corrected chi connectivity index (χ0v) is 18.0. The second-order valence-electron chi connectivity index (χ2n) is 5.66. The van der Waals surface area contributed by atoms with Gasteiger partial charge in [0.1, 0.15) is 18.1 Å². The predicted molar refractivity (Wildman–Crippen MR) is 118 cm³/mol.